The summed E-state index contributed by atoms with van der Waals surface area (Å²) in [5, 5.41) is 7.46. The second-order valence-electron chi connectivity index (χ2n) is 3.48. The van der Waals surface area contributed by atoms with Gasteiger partial charge in [0.15, 0.2) is 6.26 Å². The maximum Gasteiger partial charge on any atom is 0.152 e. The van der Waals surface area contributed by atoms with Crippen LogP contribution in [0.3, 0.4) is 0 Å². The van der Waals surface area contributed by atoms with Gasteiger partial charge in [-0.25, -0.2) is 0 Å². The van der Waals surface area contributed by atoms with Gasteiger partial charge in [0.05, 0.1) is 0 Å². The molecule has 0 saturated carbocycles. The second-order valence-corrected chi connectivity index (χ2v) is 3.48. The molecule has 0 unspecified atom stereocenters. The molecule has 0 radical (unpaired) electrons. The first kappa shape index (κ1) is 10.7. The van der Waals surface area contributed by atoms with E-state index >= 15 is 0 Å². The van der Waals surface area contributed by atoms with E-state index in [9.17, 15) is 0 Å². The summed E-state index contributed by atoms with van der Waals surface area (Å²) in [5.74, 6) is 0. The third kappa shape index (κ3) is 1.91. The van der Waals surface area contributed by atoms with Crippen LogP contribution in [0.1, 0.15) is 13.8 Å². The highest BCUT2D eigenvalue weighted by atomic mass is 16.5. The molecule has 0 fully saturated rings. The summed E-state index contributed by atoms with van der Waals surface area (Å²) in [6.45, 7) is 6.22. The standard InChI is InChI=1S/C12H15N3O/c1-3-15(4-2)12-8-6-5-7-10(12)11-9-16-14-13-11/h5-9H,3-4H2,1-2H3. The lowest BCUT2D eigenvalue weighted by molar-refractivity contribution is 0.393. The zero-order valence-corrected chi connectivity index (χ0v) is 9.55. The van der Waals surface area contributed by atoms with Gasteiger partial charge in [0.25, 0.3) is 0 Å². The lowest BCUT2D eigenvalue weighted by atomic mass is 10.1. The van der Waals surface area contributed by atoms with Crippen molar-refractivity contribution in [2.45, 2.75) is 13.8 Å². The lowest BCUT2D eigenvalue weighted by Crippen LogP contribution is -2.22. The first-order valence-electron chi connectivity index (χ1n) is 5.48. The van der Waals surface area contributed by atoms with Crippen LogP contribution in [0.4, 0.5) is 5.69 Å². The number of anilines is 1. The van der Waals surface area contributed by atoms with Gasteiger partial charge in [0, 0.05) is 29.6 Å². The largest absolute Gasteiger partial charge is 0.372 e. The molecule has 0 bridgehead atoms. The highest BCUT2D eigenvalue weighted by Gasteiger charge is 2.11. The average molecular weight is 217 g/mol. The van der Waals surface area contributed by atoms with Crippen molar-refractivity contribution in [2.75, 3.05) is 18.0 Å². The highest BCUT2D eigenvalue weighted by Crippen LogP contribution is 2.28. The summed E-state index contributed by atoms with van der Waals surface area (Å²) in [4.78, 5) is 2.28. The number of nitrogens with zero attached hydrogens (tertiary/aromatic N) is 3. The molecule has 16 heavy (non-hydrogen) atoms. The lowest BCUT2D eigenvalue weighted by Gasteiger charge is -2.23. The SMILES string of the molecule is CCN(CC)c1ccccc1-c1conn1. The normalized spacial score (nSPS) is 10.4. The molecule has 0 spiro atoms. The van der Waals surface area contributed by atoms with E-state index < -0.39 is 0 Å². The summed E-state index contributed by atoms with van der Waals surface area (Å²) >= 11 is 0. The predicted octanol–water partition coefficient (Wildman–Crippen LogP) is 2.58. The first-order valence-corrected chi connectivity index (χ1v) is 5.48. The van der Waals surface area contributed by atoms with Crippen LogP contribution in [0, 0.1) is 0 Å². The molecule has 0 atom stereocenters. The Kier molecular flexibility index (Phi) is 3.19. The molecule has 1 aromatic heterocycles. The minimum Gasteiger partial charge on any atom is -0.372 e. The predicted molar refractivity (Wildman–Crippen MR) is 63.3 cm³/mol. The summed E-state index contributed by atoms with van der Waals surface area (Å²) in [6, 6.07) is 8.16. The third-order valence-corrected chi connectivity index (χ3v) is 2.64. The zero-order valence-electron chi connectivity index (χ0n) is 9.55. The molecule has 0 aliphatic carbocycles. The van der Waals surface area contributed by atoms with E-state index in [-0.39, 0.29) is 0 Å². The molecule has 0 N–H and O–H groups in total. The Morgan fingerprint density at radius 2 is 1.94 bits per heavy atom. The minimum atomic E-state index is 0.780. The van der Waals surface area contributed by atoms with E-state index in [0.717, 1.165) is 24.3 Å². The maximum absolute atomic E-state index is 4.79. The average Bonchev–Trinajstić information content (AvgIpc) is 2.85. The first-order chi connectivity index (χ1) is 7.86. The Morgan fingerprint density at radius 3 is 2.56 bits per heavy atom. The molecule has 0 amide bonds. The fraction of sp³-hybridized carbons (Fsp3) is 0.333. The van der Waals surface area contributed by atoms with Crippen molar-refractivity contribution in [3.05, 3.63) is 30.5 Å². The topological polar surface area (TPSA) is 42.2 Å². The van der Waals surface area contributed by atoms with Gasteiger partial charge in [0.2, 0.25) is 0 Å². The van der Waals surface area contributed by atoms with Gasteiger partial charge in [-0.15, -0.1) is 5.10 Å². The minimum absolute atomic E-state index is 0.780. The van der Waals surface area contributed by atoms with Gasteiger partial charge in [-0.05, 0) is 19.9 Å². The summed E-state index contributed by atoms with van der Waals surface area (Å²) in [6.07, 6.45) is 1.57. The Balaban J connectivity index is 2.45. The van der Waals surface area contributed by atoms with Crippen molar-refractivity contribution in [2.24, 2.45) is 0 Å². The van der Waals surface area contributed by atoms with Crippen LogP contribution in [-0.4, -0.2) is 23.5 Å². The van der Waals surface area contributed by atoms with Crippen LogP contribution in [0.25, 0.3) is 11.3 Å². The molecular formula is C12H15N3O. The van der Waals surface area contributed by atoms with Gasteiger partial charge in [-0.3, -0.25) is 0 Å². The highest BCUT2D eigenvalue weighted by molar-refractivity contribution is 5.75. The smallest absolute Gasteiger partial charge is 0.152 e. The quantitative estimate of drug-likeness (QED) is 0.789. The molecular weight excluding hydrogens is 202 g/mol. The van der Waals surface area contributed by atoms with Crippen molar-refractivity contribution >= 4 is 5.69 Å². The molecule has 0 aliphatic rings. The van der Waals surface area contributed by atoms with Crippen LogP contribution in [0.5, 0.6) is 0 Å². The van der Waals surface area contributed by atoms with E-state index in [0.29, 0.717) is 0 Å². The summed E-state index contributed by atoms with van der Waals surface area (Å²) in [7, 11) is 0. The van der Waals surface area contributed by atoms with Gasteiger partial charge < -0.3 is 9.42 Å². The van der Waals surface area contributed by atoms with Crippen molar-refractivity contribution in [1.82, 2.24) is 10.4 Å². The molecule has 2 aromatic rings. The number of aromatic nitrogens is 2. The number of benzene rings is 1. The molecule has 4 heteroatoms. The van der Waals surface area contributed by atoms with E-state index in [1.165, 1.54) is 5.69 Å². The summed E-state index contributed by atoms with van der Waals surface area (Å²) < 4.78 is 4.79. The van der Waals surface area contributed by atoms with Gasteiger partial charge >= 0.3 is 0 Å². The molecule has 0 aliphatic heterocycles. The number of hydrogen-bond acceptors (Lipinski definition) is 4. The molecule has 1 heterocycles. The fourth-order valence-corrected chi connectivity index (χ4v) is 1.81. The zero-order chi connectivity index (χ0) is 11.4. The van der Waals surface area contributed by atoms with Gasteiger partial charge in [-0.2, -0.15) is 0 Å². The van der Waals surface area contributed by atoms with E-state index in [2.05, 4.69) is 35.2 Å². The van der Waals surface area contributed by atoms with Crippen LogP contribution >= 0.6 is 0 Å². The van der Waals surface area contributed by atoms with E-state index in [1.807, 2.05) is 18.2 Å². The maximum atomic E-state index is 4.79. The van der Waals surface area contributed by atoms with Gasteiger partial charge in [0.1, 0.15) is 5.69 Å². The number of para-hydroxylation sites is 1. The van der Waals surface area contributed by atoms with Crippen LogP contribution in [0.2, 0.25) is 0 Å². The van der Waals surface area contributed by atoms with E-state index in [4.69, 9.17) is 4.52 Å². The van der Waals surface area contributed by atoms with Crippen LogP contribution in [0.15, 0.2) is 35.1 Å². The van der Waals surface area contributed by atoms with E-state index in [1.54, 1.807) is 6.26 Å². The molecule has 4 nitrogen and oxygen atoms in total. The Hall–Kier alpha value is -1.84. The molecule has 1 aromatic carbocycles. The molecule has 84 valence electrons. The molecule has 2 rings (SSSR count). The summed E-state index contributed by atoms with van der Waals surface area (Å²) in [5.41, 5.74) is 3.01. The molecule has 0 saturated heterocycles. The number of hydrogen-bond donors (Lipinski definition) is 0. The van der Waals surface area contributed by atoms with Crippen molar-refractivity contribution in [3.8, 4) is 11.3 Å². The number of rotatable bonds is 4. The third-order valence-electron chi connectivity index (χ3n) is 2.64. The van der Waals surface area contributed by atoms with Crippen molar-refractivity contribution in [3.63, 3.8) is 0 Å². The Morgan fingerprint density at radius 1 is 1.19 bits per heavy atom. The van der Waals surface area contributed by atoms with Crippen LogP contribution in [-0.2, 0) is 0 Å². The second kappa shape index (κ2) is 4.79. The van der Waals surface area contributed by atoms with Crippen LogP contribution < -0.4 is 4.90 Å². The Bertz CT molecular complexity index is 435. The monoisotopic (exact) mass is 217 g/mol. The Labute approximate surface area is 94.9 Å². The van der Waals surface area contributed by atoms with Gasteiger partial charge in [-0.1, -0.05) is 18.2 Å². The van der Waals surface area contributed by atoms with Crippen molar-refractivity contribution < 1.29 is 4.52 Å². The van der Waals surface area contributed by atoms with Crippen molar-refractivity contribution in [1.29, 1.82) is 0 Å². The fourth-order valence-electron chi connectivity index (χ4n) is 1.81.